The molecule has 7 nitrogen and oxygen atoms in total. The fourth-order valence-electron chi connectivity index (χ4n) is 3.63. The van der Waals surface area contributed by atoms with E-state index in [4.69, 9.17) is 28.5 Å². The van der Waals surface area contributed by atoms with Crippen molar-refractivity contribution in [3.05, 3.63) is 76.3 Å². The summed E-state index contributed by atoms with van der Waals surface area (Å²) in [6.45, 7) is 9.10. The van der Waals surface area contributed by atoms with Crippen molar-refractivity contribution in [1.82, 2.24) is 20.1 Å². The van der Waals surface area contributed by atoms with Crippen LogP contribution < -0.4 is 16.8 Å². The zero-order valence-corrected chi connectivity index (χ0v) is 18.8. The van der Waals surface area contributed by atoms with Crippen molar-refractivity contribution in [2.24, 2.45) is 11.5 Å². The van der Waals surface area contributed by atoms with Gasteiger partial charge >= 0.3 is 0 Å². The van der Waals surface area contributed by atoms with Gasteiger partial charge in [0.1, 0.15) is 5.82 Å². The topological polar surface area (TPSA) is 110 Å². The standard InChI is InChI=1S/C23H32ClN7/c1-2-30-13-15-31(16-14-30)12-11-29-23(27)19(22(26)18-9-6-10-28-18)20(24)21(25)17-7-4-3-5-8-17/h3-10,26,28-29H,2,11-16,25,27H2,1H3/b21-20+,23-19-,26-22?. The van der Waals surface area contributed by atoms with Gasteiger partial charge in [0.2, 0.25) is 0 Å². The van der Waals surface area contributed by atoms with Crippen LogP contribution >= 0.6 is 11.6 Å². The van der Waals surface area contributed by atoms with E-state index >= 15 is 0 Å². The van der Waals surface area contributed by atoms with Gasteiger partial charge < -0.3 is 26.7 Å². The first kappa shape index (κ1) is 22.9. The molecular formula is C23H32ClN7. The molecule has 7 N–H and O–H groups in total. The number of H-pyrrole nitrogens is 1. The van der Waals surface area contributed by atoms with Gasteiger partial charge in [-0.25, -0.2) is 0 Å². The second-order valence-electron chi connectivity index (χ2n) is 7.54. The lowest BCUT2D eigenvalue weighted by Gasteiger charge is -2.34. The third-order valence-corrected chi connectivity index (χ3v) is 5.98. The number of benzene rings is 1. The van der Waals surface area contributed by atoms with Gasteiger partial charge in [-0.3, -0.25) is 10.3 Å². The van der Waals surface area contributed by atoms with Crippen LogP contribution in [0.3, 0.4) is 0 Å². The zero-order valence-electron chi connectivity index (χ0n) is 18.0. The first-order valence-corrected chi connectivity index (χ1v) is 11.0. The van der Waals surface area contributed by atoms with Crippen molar-refractivity contribution in [3.63, 3.8) is 0 Å². The molecular weight excluding hydrogens is 410 g/mol. The molecule has 3 rings (SSSR count). The van der Waals surface area contributed by atoms with E-state index in [0.29, 0.717) is 29.3 Å². The van der Waals surface area contributed by atoms with Crippen LogP contribution in [-0.4, -0.2) is 66.3 Å². The lowest BCUT2D eigenvalue weighted by Crippen LogP contribution is -2.48. The Morgan fingerprint density at radius 2 is 1.74 bits per heavy atom. The second kappa shape index (κ2) is 11.0. The molecule has 0 atom stereocenters. The van der Waals surface area contributed by atoms with E-state index in [1.807, 2.05) is 42.5 Å². The number of allylic oxidation sites excluding steroid dienone is 2. The lowest BCUT2D eigenvalue weighted by molar-refractivity contribution is 0.138. The smallest absolute Gasteiger partial charge is 0.107 e. The maximum atomic E-state index is 8.70. The Morgan fingerprint density at radius 3 is 2.35 bits per heavy atom. The highest BCUT2D eigenvalue weighted by Crippen LogP contribution is 2.26. The molecule has 1 aliphatic heterocycles. The summed E-state index contributed by atoms with van der Waals surface area (Å²) in [6, 6.07) is 13.1. The van der Waals surface area contributed by atoms with Crippen LogP contribution in [-0.2, 0) is 0 Å². The molecule has 0 saturated carbocycles. The summed E-state index contributed by atoms with van der Waals surface area (Å²) in [7, 11) is 0. The Labute approximate surface area is 189 Å². The zero-order chi connectivity index (χ0) is 22.2. The van der Waals surface area contributed by atoms with E-state index in [1.54, 1.807) is 6.20 Å². The molecule has 1 fully saturated rings. The molecule has 1 aromatic carbocycles. The predicted octanol–water partition coefficient (Wildman–Crippen LogP) is 2.35. The molecule has 8 heteroatoms. The summed E-state index contributed by atoms with van der Waals surface area (Å²) in [5.74, 6) is 0.343. The Kier molecular flexibility index (Phi) is 8.17. The summed E-state index contributed by atoms with van der Waals surface area (Å²) in [6.07, 6.45) is 1.76. The Bertz CT molecular complexity index is 911. The summed E-state index contributed by atoms with van der Waals surface area (Å²) in [5, 5.41) is 12.2. The number of piperazine rings is 1. The van der Waals surface area contributed by atoms with Gasteiger partial charge in [-0.2, -0.15) is 0 Å². The van der Waals surface area contributed by atoms with Gasteiger partial charge in [0, 0.05) is 45.5 Å². The van der Waals surface area contributed by atoms with Crippen molar-refractivity contribution in [1.29, 1.82) is 5.41 Å². The first-order chi connectivity index (χ1) is 15.0. The molecule has 1 aromatic heterocycles. The Morgan fingerprint density at radius 1 is 1.06 bits per heavy atom. The number of nitrogens with zero attached hydrogens (tertiary/aromatic N) is 2. The van der Waals surface area contributed by atoms with E-state index in [9.17, 15) is 0 Å². The number of likely N-dealkylation sites (N-methyl/N-ethyl adjacent to an activating group) is 1. The molecule has 2 heterocycles. The number of hydrogen-bond acceptors (Lipinski definition) is 6. The predicted molar refractivity (Wildman–Crippen MR) is 129 cm³/mol. The van der Waals surface area contributed by atoms with Gasteiger partial charge in [-0.1, -0.05) is 48.9 Å². The first-order valence-electron chi connectivity index (χ1n) is 10.6. The van der Waals surface area contributed by atoms with Gasteiger partial charge in [0.15, 0.2) is 0 Å². The molecule has 0 radical (unpaired) electrons. The molecule has 1 saturated heterocycles. The number of aromatic nitrogens is 1. The average molecular weight is 442 g/mol. The minimum absolute atomic E-state index is 0.190. The van der Waals surface area contributed by atoms with Crippen LogP contribution in [0.15, 0.2) is 65.1 Å². The molecule has 0 spiro atoms. The highest BCUT2D eigenvalue weighted by Gasteiger charge is 2.20. The van der Waals surface area contributed by atoms with Crippen molar-refractivity contribution in [3.8, 4) is 0 Å². The van der Waals surface area contributed by atoms with Crippen molar-refractivity contribution < 1.29 is 0 Å². The van der Waals surface area contributed by atoms with E-state index in [1.165, 1.54) is 0 Å². The largest absolute Gasteiger partial charge is 0.397 e. The van der Waals surface area contributed by atoms with Crippen molar-refractivity contribution in [2.45, 2.75) is 6.92 Å². The van der Waals surface area contributed by atoms with Crippen LogP contribution in [0.25, 0.3) is 5.70 Å². The van der Waals surface area contributed by atoms with Gasteiger partial charge in [-0.15, -0.1) is 0 Å². The number of hydrogen-bond donors (Lipinski definition) is 5. The third kappa shape index (κ3) is 5.91. The quantitative estimate of drug-likeness (QED) is 0.303. The number of nitrogens with one attached hydrogen (secondary N) is 3. The molecule has 0 aliphatic carbocycles. The summed E-state index contributed by atoms with van der Waals surface area (Å²) < 4.78 is 0. The van der Waals surface area contributed by atoms with E-state index in [-0.39, 0.29) is 10.7 Å². The van der Waals surface area contributed by atoms with Crippen LogP contribution in [0.2, 0.25) is 0 Å². The number of aromatic amines is 1. The maximum absolute atomic E-state index is 8.70. The van der Waals surface area contributed by atoms with Crippen molar-refractivity contribution in [2.75, 3.05) is 45.8 Å². The van der Waals surface area contributed by atoms with Crippen LogP contribution in [0.4, 0.5) is 0 Å². The Hall–Kier alpha value is -2.74. The highest BCUT2D eigenvalue weighted by atomic mass is 35.5. The third-order valence-electron chi connectivity index (χ3n) is 5.58. The van der Waals surface area contributed by atoms with E-state index < -0.39 is 0 Å². The monoisotopic (exact) mass is 441 g/mol. The summed E-state index contributed by atoms with van der Waals surface area (Å²) in [4.78, 5) is 7.91. The van der Waals surface area contributed by atoms with Crippen LogP contribution in [0.1, 0.15) is 18.2 Å². The van der Waals surface area contributed by atoms with E-state index in [2.05, 4.69) is 27.0 Å². The Balaban J connectivity index is 1.78. The normalized spacial score (nSPS) is 17.1. The fourth-order valence-corrected chi connectivity index (χ4v) is 3.93. The van der Waals surface area contributed by atoms with Gasteiger partial charge in [0.25, 0.3) is 0 Å². The number of rotatable bonds is 9. The number of halogens is 1. The fraction of sp³-hybridized carbons (Fsp3) is 0.348. The molecule has 1 aliphatic rings. The van der Waals surface area contributed by atoms with Gasteiger partial charge in [-0.05, 0) is 24.2 Å². The average Bonchev–Trinajstić information content (AvgIpc) is 3.35. The SMILES string of the molecule is CCN1CCN(CCN/C(N)=C(C(=N)c2ccc[nH]2)/C(Cl)=C(\N)c2ccccc2)CC1. The second-order valence-corrected chi connectivity index (χ2v) is 7.92. The number of nitrogens with two attached hydrogens (primary N) is 2. The molecule has 0 bridgehead atoms. The maximum Gasteiger partial charge on any atom is 0.107 e. The van der Waals surface area contributed by atoms with Crippen molar-refractivity contribution >= 4 is 23.0 Å². The molecule has 0 unspecified atom stereocenters. The van der Waals surface area contributed by atoms with Crippen LogP contribution in [0.5, 0.6) is 0 Å². The molecule has 0 amide bonds. The summed E-state index contributed by atoms with van der Waals surface area (Å²) >= 11 is 6.70. The van der Waals surface area contributed by atoms with Gasteiger partial charge in [0.05, 0.1) is 27.7 Å². The lowest BCUT2D eigenvalue weighted by atomic mass is 10.0. The highest BCUT2D eigenvalue weighted by molar-refractivity contribution is 6.39. The minimum atomic E-state index is 0.190. The molecule has 2 aromatic rings. The minimum Gasteiger partial charge on any atom is -0.397 e. The molecule has 166 valence electrons. The van der Waals surface area contributed by atoms with Crippen LogP contribution in [0, 0.1) is 5.41 Å². The van der Waals surface area contributed by atoms with E-state index in [0.717, 1.165) is 44.8 Å². The summed E-state index contributed by atoms with van der Waals surface area (Å²) in [5.41, 5.74) is 15.1. The molecule has 31 heavy (non-hydrogen) atoms.